The van der Waals surface area contributed by atoms with Gasteiger partial charge in [-0.1, -0.05) is 23.7 Å². The highest BCUT2D eigenvalue weighted by molar-refractivity contribution is 6.30. The van der Waals surface area contributed by atoms with E-state index in [0.717, 1.165) is 33.5 Å². The number of nitrogens with zero attached hydrogens (tertiary/aromatic N) is 2. The summed E-state index contributed by atoms with van der Waals surface area (Å²) in [5, 5.41) is 4.13. The molecular formula is C20H24ClN3O2. The monoisotopic (exact) mass is 373 g/mol. The Morgan fingerprint density at radius 1 is 1.23 bits per heavy atom. The second-order valence-electron chi connectivity index (χ2n) is 6.54. The molecule has 1 aliphatic rings. The molecule has 5 nitrogen and oxygen atoms in total. The van der Waals surface area contributed by atoms with Crippen LogP contribution >= 0.6 is 11.6 Å². The molecule has 2 aromatic carbocycles. The molecule has 0 amide bonds. The fourth-order valence-electron chi connectivity index (χ4n) is 2.71. The first-order valence-electron chi connectivity index (χ1n) is 8.67. The summed E-state index contributed by atoms with van der Waals surface area (Å²) in [6.45, 7) is 7.62. The van der Waals surface area contributed by atoms with Gasteiger partial charge in [0, 0.05) is 17.3 Å². The van der Waals surface area contributed by atoms with E-state index in [1.807, 2.05) is 57.2 Å². The minimum Gasteiger partial charge on any atom is -0.491 e. The number of guanidine groups is 1. The van der Waals surface area contributed by atoms with Crippen LogP contribution < -0.4 is 10.1 Å². The zero-order valence-electron chi connectivity index (χ0n) is 15.3. The van der Waals surface area contributed by atoms with Gasteiger partial charge in [-0.3, -0.25) is 0 Å². The maximum atomic E-state index is 5.96. The lowest BCUT2D eigenvalue weighted by Crippen LogP contribution is -2.40. The van der Waals surface area contributed by atoms with Crippen molar-refractivity contribution < 1.29 is 9.47 Å². The van der Waals surface area contributed by atoms with E-state index >= 15 is 0 Å². The smallest absolute Gasteiger partial charge is 0.202 e. The predicted octanol–water partition coefficient (Wildman–Crippen LogP) is 4.65. The summed E-state index contributed by atoms with van der Waals surface area (Å²) in [5.41, 5.74) is 3.20. The summed E-state index contributed by atoms with van der Waals surface area (Å²) >= 11 is 5.96. The van der Waals surface area contributed by atoms with Crippen molar-refractivity contribution in [1.82, 2.24) is 4.90 Å². The highest BCUT2D eigenvalue weighted by atomic mass is 35.5. The molecule has 6 heteroatoms. The van der Waals surface area contributed by atoms with Crippen LogP contribution in [0.2, 0.25) is 5.02 Å². The molecule has 3 rings (SSSR count). The third-order valence-electron chi connectivity index (χ3n) is 3.93. The first kappa shape index (κ1) is 18.5. The van der Waals surface area contributed by atoms with Crippen LogP contribution in [0.1, 0.15) is 25.0 Å². The van der Waals surface area contributed by atoms with E-state index in [9.17, 15) is 0 Å². The molecule has 0 atom stereocenters. The second-order valence-corrected chi connectivity index (χ2v) is 6.98. The van der Waals surface area contributed by atoms with Gasteiger partial charge in [-0.15, -0.1) is 0 Å². The third-order valence-corrected chi connectivity index (χ3v) is 4.18. The maximum absolute atomic E-state index is 5.96. The van der Waals surface area contributed by atoms with Crippen molar-refractivity contribution in [3.05, 3.63) is 58.6 Å². The van der Waals surface area contributed by atoms with Gasteiger partial charge in [0.1, 0.15) is 19.2 Å². The highest BCUT2D eigenvalue weighted by Gasteiger charge is 2.17. The number of aryl methyl sites for hydroxylation is 1. The molecule has 1 heterocycles. The lowest BCUT2D eigenvalue weighted by atomic mass is 10.2. The van der Waals surface area contributed by atoms with E-state index in [1.165, 1.54) is 0 Å². The topological polar surface area (TPSA) is 46.1 Å². The van der Waals surface area contributed by atoms with Crippen LogP contribution in [-0.2, 0) is 11.3 Å². The van der Waals surface area contributed by atoms with Gasteiger partial charge < -0.3 is 19.7 Å². The SMILES string of the molecule is Cc1cc(NC2=NCOCN2Cc2ccc(Cl)cc2)ccc1OC(C)C. The Morgan fingerprint density at radius 2 is 2.00 bits per heavy atom. The summed E-state index contributed by atoms with van der Waals surface area (Å²) in [4.78, 5) is 6.53. The normalized spacial score (nSPS) is 14.3. The van der Waals surface area contributed by atoms with Crippen LogP contribution in [0.5, 0.6) is 5.75 Å². The van der Waals surface area contributed by atoms with Gasteiger partial charge in [0.15, 0.2) is 0 Å². The average molecular weight is 374 g/mol. The van der Waals surface area contributed by atoms with Gasteiger partial charge in [-0.25, -0.2) is 4.99 Å². The third kappa shape index (κ3) is 4.90. The van der Waals surface area contributed by atoms with Crippen molar-refractivity contribution in [3.63, 3.8) is 0 Å². The lowest BCUT2D eigenvalue weighted by molar-refractivity contribution is 0.0503. The minimum atomic E-state index is 0.155. The van der Waals surface area contributed by atoms with Crippen LogP contribution in [0.3, 0.4) is 0 Å². The summed E-state index contributed by atoms with van der Waals surface area (Å²) in [5.74, 6) is 1.70. The van der Waals surface area contributed by atoms with Crippen LogP contribution in [0.4, 0.5) is 5.69 Å². The molecule has 26 heavy (non-hydrogen) atoms. The van der Waals surface area contributed by atoms with Crippen LogP contribution in [-0.4, -0.2) is 30.4 Å². The number of anilines is 1. The van der Waals surface area contributed by atoms with Crippen molar-refractivity contribution in [1.29, 1.82) is 0 Å². The molecule has 0 spiro atoms. The number of halogens is 1. The summed E-state index contributed by atoms with van der Waals surface area (Å²) in [6.07, 6.45) is 0.155. The summed E-state index contributed by atoms with van der Waals surface area (Å²) in [6, 6.07) is 13.9. The molecule has 0 bridgehead atoms. The van der Waals surface area contributed by atoms with Crippen molar-refractivity contribution in [2.24, 2.45) is 4.99 Å². The quantitative estimate of drug-likeness (QED) is 0.828. The van der Waals surface area contributed by atoms with Crippen molar-refractivity contribution in [2.45, 2.75) is 33.4 Å². The average Bonchev–Trinajstić information content (AvgIpc) is 2.61. The molecule has 0 aliphatic carbocycles. The van der Waals surface area contributed by atoms with E-state index in [1.54, 1.807) is 0 Å². The molecule has 2 aromatic rings. The van der Waals surface area contributed by atoms with Gasteiger partial charge in [-0.2, -0.15) is 0 Å². The Balaban J connectivity index is 1.71. The van der Waals surface area contributed by atoms with Gasteiger partial charge in [0.05, 0.1) is 6.10 Å². The Kier molecular flexibility index (Phi) is 6.01. The fraction of sp³-hybridized carbons (Fsp3) is 0.350. The van der Waals surface area contributed by atoms with Gasteiger partial charge in [0.2, 0.25) is 5.96 Å². The first-order chi connectivity index (χ1) is 12.5. The van der Waals surface area contributed by atoms with Gasteiger partial charge in [0.25, 0.3) is 0 Å². The number of ether oxygens (including phenoxy) is 2. The molecule has 0 saturated heterocycles. The highest BCUT2D eigenvalue weighted by Crippen LogP contribution is 2.23. The molecule has 0 saturated carbocycles. The van der Waals surface area contributed by atoms with Crippen molar-refractivity contribution in [3.8, 4) is 5.75 Å². The van der Waals surface area contributed by atoms with Crippen molar-refractivity contribution in [2.75, 3.05) is 18.8 Å². The Morgan fingerprint density at radius 3 is 2.69 bits per heavy atom. The standard InChI is InChI=1S/C20H24ClN3O2/c1-14(2)26-19-9-8-18(10-15(19)3)23-20-22-12-25-13-24(20)11-16-4-6-17(21)7-5-16/h4-10,14H,11-13H2,1-3H3,(H,22,23). The van der Waals surface area contributed by atoms with E-state index < -0.39 is 0 Å². The molecule has 138 valence electrons. The number of benzene rings is 2. The Bertz CT molecular complexity index is 775. The minimum absolute atomic E-state index is 0.155. The molecular weight excluding hydrogens is 350 g/mol. The number of aliphatic imine (C=N–C) groups is 1. The Labute approximate surface area is 159 Å². The van der Waals surface area contributed by atoms with Gasteiger partial charge >= 0.3 is 0 Å². The number of hydrogen-bond acceptors (Lipinski definition) is 5. The predicted molar refractivity (Wildman–Crippen MR) is 106 cm³/mol. The molecule has 0 aromatic heterocycles. The number of rotatable bonds is 5. The van der Waals surface area contributed by atoms with Crippen molar-refractivity contribution >= 4 is 23.2 Å². The van der Waals surface area contributed by atoms with E-state index in [2.05, 4.69) is 21.3 Å². The van der Waals surface area contributed by atoms with Crippen LogP contribution in [0.15, 0.2) is 47.5 Å². The van der Waals surface area contributed by atoms with Crippen LogP contribution in [0, 0.1) is 6.92 Å². The molecule has 1 N–H and O–H groups in total. The molecule has 0 radical (unpaired) electrons. The fourth-order valence-corrected chi connectivity index (χ4v) is 2.84. The summed E-state index contributed by atoms with van der Waals surface area (Å²) < 4.78 is 11.3. The number of nitrogens with one attached hydrogen (secondary N) is 1. The second kappa shape index (κ2) is 8.43. The zero-order chi connectivity index (χ0) is 18.5. The molecule has 0 fully saturated rings. The molecule has 0 unspecified atom stereocenters. The Hall–Kier alpha value is -2.24. The van der Waals surface area contributed by atoms with Gasteiger partial charge in [-0.05, 0) is 62.2 Å². The van der Waals surface area contributed by atoms with E-state index in [4.69, 9.17) is 21.1 Å². The lowest BCUT2D eigenvalue weighted by Gasteiger charge is -2.29. The van der Waals surface area contributed by atoms with Crippen LogP contribution in [0.25, 0.3) is 0 Å². The maximum Gasteiger partial charge on any atom is 0.202 e. The zero-order valence-corrected chi connectivity index (χ0v) is 16.1. The molecule has 1 aliphatic heterocycles. The number of hydrogen-bond donors (Lipinski definition) is 1. The first-order valence-corrected chi connectivity index (χ1v) is 9.05. The van der Waals surface area contributed by atoms with E-state index in [0.29, 0.717) is 20.0 Å². The summed E-state index contributed by atoms with van der Waals surface area (Å²) in [7, 11) is 0. The van der Waals surface area contributed by atoms with E-state index in [-0.39, 0.29) is 6.10 Å². The largest absolute Gasteiger partial charge is 0.491 e.